The van der Waals surface area contributed by atoms with Crippen LogP contribution >= 0.6 is 11.6 Å². The van der Waals surface area contributed by atoms with Gasteiger partial charge in [0.2, 0.25) is 0 Å². The molecule has 3 nitrogen and oxygen atoms in total. The van der Waals surface area contributed by atoms with Gasteiger partial charge in [0, 0.05) is 12.1 Å². The maximum atomic E-state index is 6.02. The number of methoxy groups -OCH3 is 2. The van der Waals surface area contributed by atoms with Crippen LogP contribution in [0.3, 0.4) is 0 Å². The molecule has 0 spiro atoms. The molecule has 78 valence electrons. The van der Waals surface area contributed by atoms with Crippen LogP contribution in [0, 0.1) is 0 Å². The van der Waals surface area contributed by atoms with E-state index in [4.69, 9.17) is 26.8 Å². The van der Waals surface area contributed by atoms with Gasteiger partial charge in [-0.2, -0.15) is 0 Å². The molecule has 1 atom stereocenters. The zero-order valence-electron chi connectivity index (χ0n) is 8.29. The van der Waals surface area contributed by atoms with E-state index in [1.807, 2.05) is 12.1 Å². The molecule has 1 aromatic carbocycles. The topological polar surface area (TPSA) is 44.5 Å². The molecular weight excluding hydrogens is 202 g/mol. The summed E-state index contributed by atoms with van der Waals surface area (Å²) in [6.07, 6.45) is 0. The monoisotopic (exact) mass is 215 g/mol. The summed E-state index contributed by atoms with van der Waals surface area (Å²) >= 11 is 6.02. The first-order valence-corrected chi connectivity index (χ1v) is 4.64. The van der Waals surface area contributed by atoms with Crippen LogP contribution in [0.1, 0.15) is 11.6 Å². The Morgan fingerprint density at radius 3 is 2.64 bits per heavy atom. The van der Waals surface area contributed by atoms with Gasteiger partial charge in [-0.3, -0.25) is 0 Å². The highest BCUT2D eigenvalue weighted by Crippen LogP contribution is 2.26. The smallest absolute Gasteiger partial charge is 0.120 e. The Bertz CT molecular complexity index is 304. The Balaban J connectivity index is 2.88. The summed E-state index contributed by atoms with van der Waals surface area (Å²) in [5.41, 5.74) is 6.72. The molecule has 0 fully saturated rings. The first-order chi connectivity index (χ1) is 6.69. The van der Waals surface area contributed by atoms with Gasteiger partial charge in [0.25, 0.3) is 0 Å². The lowest BCUT2D eigenvalue weighted by molar-refractivity contribution is 0.181. The third kappa shape index (κ3) is 2.61. The van der Waals surface area contributed by atoms with E-state index in [9.17, 15) is 0 Å². The van der Waals surface area contributed by atoms with Crippen molar-refractivity contribution in [3.05, 3.63) is 28.8 Å². The molecule has 4 heteroatoms. The van der Waals surface area contributed by atoms with Crippen LogP contribution in [0.4, 0.5) is 0 Å². The number of ether oxygens (including phenoxy) is 2. The average Bonchev–Trinajstić information content (AvgIpc) is 2.17. The largest absolute Gasteiger partial charge is 0.497 e. The summed E-state index contributed by atoms with van der Waals surface area (Å²) in [6.45, 7) is 0.450. The van der Waals surface area contributed by atoms with E-state index in [0.29, 0.717) is 11.6 Å². The maximum Gasteiger partial charge on any atom is 0.120 e. The van der Waals surface area contributed by atoms with Crippen molar-refractivity contribution < 1.29 is 9.47 Å². The second-order valence-electron chi connectivity index (χ2n) is 2.95. The van der Waals surface area contributed by atoms with Gasteiger partial charge in [0.15, 0.2) is 0 Å². The van der Waals surface area contributed by atoms with Crippen molar-refractivity contribution in [1.29, 1.82) is 0 Å². The normalized spacial score (nSPS) is 12.6. The predicted molar refractivity (Wildman–Crippen MR) is 56.8 cm³/mol. The molecule has 0 saturated heterocycles. The molecule has 0 heterocycles. The molecular formula is C10H14ClNO2. The Morgan fingerprint density at radius 1 is 1.43 bits per heavy atom. The van der Waals surface area contributed by atoms with Gasteiger partial charge in [0.05, 0.1) is 19.8 Å². The van der Waals surface area contributed by atoms with Gasteiger partial charge in [-0.15, -0.1) is 0 Å². The quantitative estimate of drug-likeness (QED) is 0.836. The van der Waals surface area contributed by atoms with Crippen LogP contribution in [-0.4, -0.2) is 20.8 Å². The van der Waals surface area contributed by atoms with Crippen molar-refractivity contribution in [2.75, 3.05) is 20.8 Å². The molecule has 1 aromatic rings. The standard InChI is InChI=1S/C10H14ClNO2/c1-13-6-10(12)8-4-3-7(14-2)5-9(8)11/h3-5,10H,6,12H2,1-2H3. The van der Waals surface area contributed by atoms with Gasteiger partial charge in [0.1, 0.15) is 5.75 Å². The Hall–Kier alpha value is -0.770. The van der Waals surface area contributed by atoms with Gasteiger partial charge in [-0.05, 0) is 17.7 Å². The van der Waals surface area contributed by atoms with Gasteiger partial charge < -0.3 is 15.2 Å². The number of hydrogen-bond acceptors (Lipinski definition) is 3. The van der Waals surface area contributed by atoms with Crippen LogP contribution in [0.2, 0.25) is 5.02 Å². The molecule has 0 radical (unpaired) electrons. The molecule has 0 aromatic heterocycles. The summed E-state index contributed by atoms with van der Waals surface area (Å²) in [5, 5.41) is 0.605. The summed E-state index contributed by atoms with van der Waals surface area (Å²) in [5.74, 6) is 0.725. The Morgan fingerprint density at radius 2 is 2.14 bits per heavy atom. The fourth-order valence-electron chi connectivity index (χ4n) is 1.20. The van der Waals surface area contributed by atoms with Crippen molar-refractivity contribution in [3.63, 3.8) is 0 Å². The van der Waals surface area contributed by atoms with E-state index in [0.717, 1.165) is 11.3 Å². The highest BCUT2D eigenvalue weighted by atomic mass is 35.5. The lowest BCUT2D eigenvalue weighted by Crippen LogP contribution is -2.16. The summed E-state index contributed by atoms with van der Waals surface area (Å²) in [7, 11) is 3.21. The zero-order chi connectivity index (χ0) is 10.6. The van der Waals surface area contributed by atoms with E-state index < -0.39 is 0 Å². The summed E-state index contributed by atoms with van der Waals surface area (Å²) < 4.78 is 9.99. The zero-order valence-corrected chi connectivity index (χ0v) is 9.04. The minimum Gasteiger partial charge on any atom is -0.497 e. The highest BCUT2D eigenvalue weighted by Gasteiger charge is 2.10. The number of nitrogens with two attached hydrogens (primary N) is 1. The second-order valence-corrected chi connectivity index (χ2v) is 3.36. The van der Waals surface area contributed by atoms with E-state index in [-0.39, 0.29) is 6.04 Å². The van der Waals surface area contributed by atoms with Crippen molar-refractivity contribution in [2.24, 2.45) is 5.73 Å². The van der Waals surface area contributed by atoms with Crippen LogP contribution in [0.15, 0.2) is 18.2 Å². The number of benzene rings is 1. The third-order valence-electron chi connectivity index (χ3n) is 1.95. The number of rotatable bonds is 4. The maximum absolute atomic E-state index is 6.02. The molecule has 0 bridgehead atoms. The van der Waals surface area contributed by atoms with Gasteiger partial charge in [-0.1, -0.05) is 17.7 Å². The minimum atomic E-state index is -0.196. The van der Waals surface area contributed by atoms with Crippen LogP contribution in [-0.2, 0) is 4.74 Å². The molecule has 0 saturated carbocycles. The van der Waals surface area contributed by atoms with Crippen LogP contribution < -0.4 is 10.5 Å². The number of hydrogen-bond donors (Lipinski definition) is 1. The molecule has 1 unspecified atom stereocenters. The van der Waals surface area contributed by atoms with Crippen molar-refractivity contribution in [3.8, 4) is 5.75 Å². The van der Waals surface area contributed by atoms with Crippen LogP contribution in [0.25, 0.3) is 0 Å². The van der Waals surface area contributed by atoms with E-state index in [1.54, 1.807) is 20.3 Å². The van der Waals surface area contributed by atoms with Crippen LogP contribution in [0.5, 0.6) is 5.75 Å². The molecule has 14 heavy (non-hydrogen) atoms. The van der Waals surface area contributed by atoms with Gasteiger partial charge >= 0.3 is 0 Å². The second kappa shape index (κ2) is 5.20. The molecule has 2 N–H and O–H groups in total. The van der Waals surface area contributed by atoms with Gasteiger partial charge in [-0.25, -0.2) is 0 Å². The SMILES string of the molecule is COCC(N)c1ccc(OC)cc1Cl. The fraction of sp³-hybridized carbons (Fsp3) is 0.400. The number of halogens is 1. The molecule has 1 rings (SSSR count). The highest BCUT2D eigenvalue weighted by molar-refractivity contribution is 6.31. The first kappa shape index (κ1) is 11.3. The predicted octanol–water partition coefficient (Wildman–Crippen LogP) is 1.99. The average molecular weight is 216 g/mol. The van der Waals surface area contributed by atoms with E-state index in [1.165, 1.54) is 0 Å². The molecule has 0 aliphatic heterocycles. The molecule has 0 amide bonds. The van der Waals surface area contributed by atoms with E-state index >= 15 is 0 Å². The summed E-state index contributed by atoms with van der Waals surface area (Å²) in [4.78, 5) is 0. The van der Waals surface area contributed by atoms with Crippen molar-refractivity contribution in [2.45, 2.75) is 6.04 Å². The Kier molecular flexibility index (Phi) is 4.20. The minimum absolute atomic E-state index is 0.196. The van der Waals surface area contributed by atoms with Crippen molar-refractivity contribution >= 4 is 11.6 Å². The third-order valence-corrected chi connectivity index (χ3v) is 2.28. The fourth-order valence-corrected chi connectivity index (χ4v) is 1.52. The lowest BCUT2D eigenvalue weighted by Gasteiger charge is -2.13. The first-order valence-electron chi connectivity index (χ1n) is 4.27. The molecule has 0 aliphatic carbocycles. The lowest BCUT2D eigenvalue weighted by atomic mass is 10.1. The molecule has 0 aliphatic rings. The summed E-state index contributed by atoms with van der Waals surface area (Å²) in [6, 6.07) is 5.23. The van der Waals surface area contributed by atoms with E-state index in [2.05, 4.69) is 0 Å². The Labute approximate surface area is 88.8 Å². The van der Waals surface area contributed by atoms with Crippen molar-refractivity contribution in [1.82, 2.24) is 0 Å².